The highest BCUT2D eigenvalue weighted by Gasteiger charge is 2.21. The topological polar surface area (TPSA) is 50.2 Å². The van der Waals surface area contributed by atoms with E-state index < -0.39 is 0 Å². The first-order chi connectivity index (χ1) is 9.47. The van der Waals surface area contributed by atoms with Crippen LogP contribution in [0.15, 0.2) is 6.20 Å². The molecule has 112 valence electrons. The van der Waals surface area contributed by atoms with Crippen LogP contribution in [0.2, 0.25) is 0 Å². The third kappa shape index (κ3) is 3.60. The van der Waals surface area contributed by atoms with Crippen LogP contribution >= 0.6 is 0 Å². The summed E-state index contributed by atoms with van der Waals surface area (Å²) in [6.45, 7) is 6.27. The second-order valence-corrected chi connectivity index (χ2v) is 6.05. The molecule has 20 heavy (non-hydrogen) atoms. The number of hydrogen-bond donors (Lipinski definition) is 1. The molecule has 0 spiro atoms. The van der Waals surface area contributed by atoms with Crippen LogP contribution in [0.4, 0.5) is 0 Å². The zero-order chi connectivity index (χ0) is 14.7. The molecule has 0 aliphatic carbocycles. The van der Waals surface area contributed by atoms with Gasteiger partial charge in [0.05, 0.1) is 12.2 Å². The molecule has 0 bridgehead atoms. The summed E-state index contributed by atoms with van der Waals surface area (Å²) in [5.41, 5.74) is 2.21. The van der Waals surface area contributed by atoms with E-state index in [-0.39, 0.29) is 11.9 Å². The van der Waals surface area contributed by atoms with E-state index in [2.05, 4.69) is 22.4 Å². The smallest absolute Gasteiger partial charge is 0.220 e. The van der Waals surface area contributed by atoms with Gasteiger partial charge in [0.1, 0.15) is 0 Å². The van der Waals surface area contributed by atoms with Crippen molar-refractivity contribution in [2.75, 3.05) is 20.1 Å². The summed E-state index contributed by atoms with van der Waals surface area (Å²) in [6, 6.07) is 0.0301. The van der Waals surface area contributed by atoms with Crippen LogP contribution in [0.25, 0.3) is 0 Å². The van der Waals surface area contributed by atoms with E-state index in [4.69, 9.17) is 0 Å². The highest BCUT2D eigenvalue weighted by molar-refractivity contribution is 5.76. The molecule has 0 saturated carbocycles. The van der Waals surface area contributed by atoms with Crippen molar-refractivity contribution in [2.45, 2.75) is 39.2 Å². The highest BCUT2D eigenvalue weighted by atomic mass is 16.1. The molecule has 5 nitrogen and oxygen atoms in total. The van der Waals surface area contributed by atoms with Gasteiger partial charge in [-0.2, -0.15) is 5.10 Å². The van der Waals surface area contributed by atoms with Gasteiger partial charge in [0, 0.05) is 24.7 Å². The largest absolute Gasteiger partial charge is 0.349 e. The minimum atomic E-state index is 0.0301. The average Bonchev–Trinajstić information content (AvgIpc) is 2.73. The highest BCUT2D eigenvalue weighted by Crippen LogP contribution is 2.21. The lowest BCUT2D eigenvalue weighted by molar-refractivity contribution is -0.123. The van der Waals surface area contributed by atoms with Crippen LogP contribution in [0.3, 0.4) is 0 Å². The van der Waals surface area contributed by atoms with E-state index in [0.717, 1.165) is 37.2 Å². The predicted molar refractivity (Wildman–Crippen MR) is 79.3 cm³/mol. The minimum absolute atomic E-state index is 0.0301. The second-order valence-electron chi connectivity index (χ2n) is 6.05. The van der Waals surface area contributed by atoms with Gasteiger partial charge < -0.3 is 10.2 Å². The Balaban J connectivity index is 1.83. The summed E-state index contributed by atoms with van der Waals surface area (Å²) in [5.74, 6) is 0.698. The van der Waals surface area contributed by atoms with Gasteiger partial charge >= 0.3 is 0 Å². The summed E-state index contributed by atoms with van der Waals surface area (Å²) < 4.78 is 1.84. The molecule has 1 aliphatic heterocycles. The van der Waals surface area contributed by atoms with Gasteiger partial charge in [0.15, 0.2) is 0 Å². The van der Waals surface area contributed by atoms with Gasteiger partial charge in [-0.15, -0.1) is 0 Å². The van der Waals surface area contributed by atoms with Gasteiger partial charge in [0.2, 0.25) is 5.91 Å². The first-order valence-electron chi connectivity index (χ1n) is 7.43. The Morgan fingerprint density at radius 3 is 2.65 bits per heavy atom. The molecule has 1 fully saturated rings. The first-order valence-corrected chi connectivity index (χ1v) is 7.43. The minimum Gasteiger partial charge on any atom is -0.349 e. The molecule has 1 aliphatic rings. The number of hydrogen-bond acceptors (Lipinski definition) is 3. The fourth-order valence-electron chi connectivity index (χ4n) is 2.85. The van der Waals surface area contributed by atoms with Crippen molar-refractivity contribution in [3.63, 3.8) is 0 Å². The fourth-order valence-corrected chi connectivity index (χ4v) is 2.85. The molecular weight excluding hydrogens is 252 g/mol. The van der Waals surface area contributed by atoms with Crippen molar-refractivity contribution >= 4 is 5.91 Å². The summed E-state index contributed by atoms with van der Waals surface area (Å²) >= 11 is 0. The fraction of sp³-hybridized carbons (Fsp3) is 0.733. The molecule has 1 atom stereocenters. The molecule has 0 aromatic carbocycles. The van der Waals surface area contributed by atoms with Gasteiger partial charge in [-0.25, -0.2) is 0 Å². The molecule has 2 heterocycles. The number of amides is 1. The maximum absolute atomic E-state index is 12.1. The Morgan fingerprint density at radius 2 is 2.10 bits per heavy atom. The van der Waals surface area contributed by atoms with Crippen molar-refractivity contribution in [3.05, 3.63) is 17.5 Å². The maximum Gasteiger partial charge on any atom is 0.220 e. The zero-order valence-electron chi connectivity index (χ0n) is 13.0. The number of carbonyl (C=O) groups is 1. The molecule has 1 aromatic heterocycles. The number of nitrogens with one attached hydrogen (secondary N) is 1. The van der Waals surface area contributed by atoms with Gasteiger partial charge in [-0.3, -0.25) is 9.48 Å². The number of likely N-dealkylation sites (tertiary alicyclic amines) is 1. The van der Waals surface area contributed by atoms with Gasteiger partial charge in [-0.1, -0.05) is 0 Å². The zero-order valence-corrected chi connectivity index (χ0v) is 13.0. The number of aromatic nitrogens is 2. The van der Waals surface area contributed by atoms with Crippen LogP contribution in [-0.4, -0.2) is 40.7 Å². The predicted octanol–water partition coefficient (Wildman–Crippen LogP) is 1.64. The summed E-state index contributed by atoms with van der Waals surface area (Å²) in [6.07, 6.45) is 4.75. The Labute approximate surface area is 121 Å². The Hall–Kier alpha value is -1.36. The quantitative estimate of drug-likeness (QED) is 0.911. The van der Waals surface area contributed by atoms with Gasteiger partial charge in [0.25, 0.3) is 0 Å². The van der Waals surface area contributed by atoms with Crippen LogP contribution in [0.5, 0.6) is 0 Å². The van der Waals surface area contributed by atoms with Crippen LogP contribution in [0, 0.1) is 12.8 Å². The maximum atomic E-state index is 12.1. The molecule has 1 N–H and O–H groups in total. The number of aryl methyl sites for hydroxylation is 1. The summed E-state index contributed by atoms with van der Waals surface area (Å²) in [4.78, 5) is 14.5. The summed E-state index contributed by atoms with van der Waals surface area (Å²) in [7, 11) is 4.06. The number of carbonyl (C=O) groups excluding carboxylic acids is 1. The molecular formula is C15H26N4O. The van der Waals surface area contributed by atoms with Crippen molar-refractivity contribution in [2.24, 2.45) is 13.0 Å². The summed E-state index contributed by atoms with van der Waals surface area (Å²) in [5, 5.41) is 7.33. The molecule has 1 aromatic rings. The van der Waals surface area contributed by atoms with E-state index in [9.17, 15) is 4.79 Å². The van der Waals surface area contributed by atoms with E-state index in [0.29, 0.717) is 12.3 Å². The Morgan fingerprint density at radius 1 is 1.45 bits per heavy atom. The lowest BCUT2D eigenvalue weighted by atomic mass is 9.93. The average molecular weight is 278 g/mol. The molecule has 1 amide bonds. The van der Waals surface area contributed by atoms with Crippen LogP contribution in [-0.2, 0) is 11.8 Å². The molecule has 1 saturated heterocycles. The van der Waals surface area contributed by atoms with E-state index in [1.54, 1.807) is 0 Å². The normalized spacial score (nSPS) is 19.0. The van der Waals surface area contributed by atoms with Crippen LogP contribution < -0.4 is 5.32 Å². The van der Waals surface area contributed by atoms with E-state index >= 15 is 0 Å². The molecule has 5 heteroatoms. The standard InChI is InChI=1S/C15H26N4O/c1-11(14-10-16-19(4)12(14)2)17-15(20)9-13-5-7-18(3)8-6-13/h10-11,13H,5-9H2,1-4H3,(H,17,20). The van der Waals surface area contributed by atoms with Crippen molar-refractivity contribution < 1.29 is 4.79 Å². The van der Waals surface area contributed by atoms with Gasteiger partial charge in [-0.05, 0) is 52.7 Å². The van der Waals surface area contributed by atoms with Crippen molar-refractivity contribution in [1.82, 2.24) is 20.0 Å². The number of rotatable bonds is 4. The lowest BCUT2D eigenvalue weighted by Crippen LogP contribution is -2.34. The molecule has 2 rings (SSSR count). The number of nitrogens with zero attached hydrogens (tertiary/aromatic N) is 3. The van der Waals surface area contributed by atoms with E-state index in [1.165, 1.54) is 0 Å². The first kappa shape index (κ1) is 15.0. The third-order valence-electron chi connectivity index (χ3n) is 4.43. The third-order valence-corrected chi connectivity index (χ3v) is 4.43. The van der Waals surface area contributed by atoms with Crippen molar-refractivity contribution in [1.29, 1.82) is 0 Å². The van der Waals surface area contributed by atoms with Crippen LogP contribution in [0.1, 0.15) is 43.5 Å². The monoisotopic (exact) mass is 278 g/mol. The Bertz CT molecular complexity index is 460. The molecule has 1 unspecified atom stereocenters. The number of piperidine rings is 1. The second kappa shape index (κ2) is 6.39. The lowest BCUT2D eigenvalue weighted by Gasteiger charge is -2.28. The van der Waals surface area contributed by atoms with Crippen molar-refractivity contribution in [3.8, 4) is 0 Å². The molecule has 0 radical (unpaired) electrons. The Kier molecular flexibility index (Phi) is 4.81. The SMILES string of the molecule is Cc1c(C(C)NC(=O)CC2CCN(C)CC2)cnn1C. The van der Waals surface area contributed by atoms with E-state index in [1.807, 2.05) is 31.8 Å².